The van der Waals surface area contributed by atoms with Crippen LogP contribution in [0.1, 0.15) is 44.2 Å². The molecule has 3 atom stereocenters. The fraction of sp³-hybridized carbons (Fsp3) is 0.714. The number of nitrogens with zero attached hydrogens (tertiary/aromatic N) is 1. The zero-order valence-electron chi connectivity index (χ0n) is 11.1. The van der Waals surface area contributed by atoms with E-state index in [1.807, 2.05) is 5.38 Å². The highest BCUT2D eigenvalue weighted by atomic mass is 32.1. The number of amides is 1. The number of hydrogen-bond acceptors (Lipinski definition) is 4. The van der Waals surface area contributed by atoms with Crippen LogP contribution in [0.4, 0.5) is 5.13 Å². The molecule has 0 unspecified atom stereocenters. The summed E-state index contributed by atoms with van der Waals surface area (Å²) in [5, 5.41) is 5.75. The number of aryl methyl sites for hydroxylation is 1. The Bertz CT molecular complexity index is 459. The number of nitrogens with one attached hydrogen (secondary N) is 1. The van der Waals surface area contributed by atoms with Gasteiger partial charge in [-0.25, -0.2) is 4.98 Å². The van der Waals surface area contributed by atoms with Gasteiger partial charge in [0, 0.05) is 17.8 Å². The van der Waals surface area contributed by atoms with Crippen molar-refractivity contribution in [3.05, 3.63) is 11.1 Å². The van der Waals surface area contributed by atoms with Gasteiger partial charge in [0.25, 0.3) is 0 Å². The number of rotatable bonds is 4. The van der Waals surface area contributed by atoms with Crippen molar-refractivity contribution in [3.63, 3.8) is 0 Å². The molecule has 4 nitrogen and oxygen atoms in total. The van der Waals surface area contributed by atoms with Gasteiger partial charge in [0.15, 0.2) is 5.13 Å². The van der Waals surface area contributed by atoms with Gasteiger partial charge in [-0.1, -0.05) is 12.8 Å². The third kappa shape index (κ3) is 2.91. The molecule has 0 aliphatic heterocycles. The topological polar surface area (TPSA) is 68.0 Å². The van der Waals surface area contributed by atoms with E-state index >= 15 is 0 Å². The van der Waals surface area contributed by atoms with Gasteiger partial charge in [0.1, 0.15) is 0 Å². The number of aromatic nitrogens is 1. The highest BCUT2D eigenvalue weighted by molar-refractivity contribution is 7.13. The van der Waals surface area contributed by atoms with Crippen molar-refractivity contribution in [1.82, 2.24) is 10.3 Å². The molecular formula is C14H21N3OS. The van der Waals surface area contributed by atoms with Crippen LogP contribution in [-0.2, 0) is 11.2 Å². The predicted octanol–water partition coefficient (Wildman–Crippen LogP) is 2.35. The van der Waals surface area contributed by atoms with E-state index in [9.17, 15) is 4.79 Å². The van der Waals surface area contributed by atoms with Crippen LogP contribution in [-0.4, -0.2) is 16.9 Å². The van der Waals surface area contributed by atoms with Crippen LogP contribution in [0.2, 0.25) is 0 Å². The molecule has 0 spiro atoms. The average Bonchev–Trinajstić information content (AvgIpc) is 3.05. The number of fused-ring (bicyclic) bond motifs is 1. The third-order valence-corrected chi connectivity index (χ3v) is 5.33. The lowest BCUT2D eigenvalue weighted by molar-refractivity contribution is -0.122. The zero-order valence-corrected chi connectivity index (χ0v) is 11.9. The minimum absolute atomic E-state index is 0.170. The first-order valence-electron chi connectivity index (χ1n) is 7.21. The smallest absolute Gasteiger partial charge is 0.220 e. The number of carbonyl (C=O) groups is 1. The van der Waals surface area contributed by atoms with E-state index in [1.165, 1.54) is 43.4 Å². The van der Waals surface area contributed by atoms with Crippen LogP contribution in [0.5, 0.6) is 0 Å². The summed E-state index contributed by atoms with van der Waals surface area (Å²) in [4.78, 5) is 16.2. The van der Waals surface area contributed by atoms with Gasteiger partial charge in [-0.05, 0) is 37.5 Å². The molecule has 104 valence electrons. The Kier molecular flexibility index (Phi) is 3.73. The Balaban J connectivity index is 1.46. The molecular weight excluding hydrogens is 258 g/mol. The lowest BCUT2D eigenvalue weighted by Crippen LogP contribution is -2.37. The van der Waals surface area contributed by atoms with Gasteiger partial charge in [-0.2, -0.15) is 0 Å². The van der Waals surface area contributed by atoms with Crippen molar-refractivity contribution in [3.8, 4) is 0 Å². The molecule has 2 fully saturated rings. The van der Waals surface area contributed by atoms with Crippen LogP contribution in [0.25, 0.3) is 0 Å². The summed E-state index contributed by atoms with van der Waals surface area (Å²) in [5.41, 5.74) is 6.52. The summed E-state index contributed by atoms with van der Waals surface area (Å²) in [7, 11) is 0. The molecule has 0 bridgehead atoms. The number of hydrogen-bond donors (Lipinski definition) is 2. The standard InChI is InChI=1S/C14H21N3OS/c15-14-16-10(8-19-14)5-7-13(18)17-12-6-4-9-2-1-3-11(9)12/h8-9,11-12H,1-7H2,(H2,15,16)(H,17,18)/t9-,11-,12-/m0/s1. The second-order valence-electron chi connectivity index (χ2n) is 5.78. The Morgan fingerprint density at radius 3 is 3.11 bits per heavy atom. The number of anilines is 1. The summed E-state index contributed by atoms with van der Waals surface area (Å²) in [5.74, 6) is 1.80. The fourth-order valence-corrected chi connectivity index (χ4v) is 4.30. The van der Waals surface area contributed by atoms with E-state index in [2.05, 4.69) is 10.3 Å². The monoisotopic (exact) mass is 279 g/mol. The third-order valence-electron chi connectivity index (χ3n) is 4.61. The molecule has 5 heteroatoms. The lowest BCUT2D eigenvalue weighted by Gasteiger charge is -2.19. The second-order valence-corrected chi connectivity index (χ2v) is 6.67. The molecule has 3 N–H and O–H groups in total. The first-order chi connectivity index (χ1) is 9.22. The Hall–Kier alpha value is -1.10. The molecule has 3 rings (SSSR count). The van der Waals surface area contributed by atoms with Crippen molar-refractivity contribution >= 4 is 22.4 Å². The predicted molar refractivity (Wildman–Crippen MR) is 76.8 cm³/mol. The van der Waals surface area contributed by atoms with Crippen molar-refractivity contribution in [2.45, 2.75) is 51.0 Å². The van der Waals surface area contributed by atoms with Crippen LogP contribution < -0.4 is 11.1 Å². The Labute approximate surface area is 117 Å². The van der Waals surface area contributed by atoms with Gasteiger partial charge in [-0.15, -0.1) is 11.3 Å². The maximum absolute atomic E-state index is 12.0. The molecule has 0 aromatic carbocycles. The quantitative estimate of drug-likeness (QED) is 0.889. The van der Waals surface area contributed by atoms with E-state index in [0.717, 1.165) is 17.5 Å². The minimum atomic E-state index is 0.170. The molecule has 2 aliphatic carbocycles. The van der Waals surface area contributed by atoms with Gasteiger partial charge in [0.2, 0.25) is 5.91 Å². The van der Waals surface area contributed by atoms with E-state index < -0.39 is 0 Å². The van der Waals surface area contributed by atoms with E-state index in [4.69, 9.17) is 5.73 Å². The second kappa shape index (κ2) is 5.49. The maximum atomic E-state index is 12.0. The van der Waals surface area contributed by atoms with Crippen molar-refractivity contribution in [1.29, 1.82) is 0 Å². The molecule has 2 saturated carbocycles. The summed E-state index contributed by atoms with van der Waals surface area (Å²) in [6.45, 7) is 0. The van der Waals surface area contributed by atoms with E-state index in [0.29, 0.717) is 24.0 Å². The van der Waals surface area contributed by atoms with Crippen molar-refractivity contribution in [2.24, 2.45) is 11.8 Å². The molecule has 0 radical (unpaired) electrons. The van der Waals surface area contributed by atoms with Gasteiger partial charge < -0.3 is 11.1 Å². The van der Waals surface area contributed by atoms with Gasteiger partial charge in [0.05, 0.1) is 5.69 Å². The van der Waals surface area contributed by atoms with Crippen molar-refractivity contribution < 1.29 is 4.79 Å². The number of thiazole rings is 1. The molecule has 1 aromatic rings. The minimum Gasteiger partial charge on any atom is -0.375 e. The fourth-order valence-electron chi connectivity index (χ4n) is 3.70. The van der Waals surface area contributed by atoms with Crippen LogP contribution in [0.3, 0.4) is 0 Å². The molecule has 1 heterocycles. The van der Waals surface area contributed by atoms with Crippen LogP contribution >= 0.6 is 11.3 Å². The summed E-state index contributed by atoms with van der Waals surface area (Å²) in [6.07, 6.45) is 7.72. The zero-order chi connectivity index (χ0) is 13.2. The highest BCUT2D eigenvalue weighted by Gasteiger charge is 2.39. The average molecular weight is 279 g/mol. The molecule has 1 aromatic heterocycles. The van der Waals surface area contributed by atoms with E-state index in [1.54, 1.807) is 0 Å². The molecule has 0 saturated heterocycles. The first kappa shape index (κ1) is 12.9. The van der Waals surface area contributed by atoms with Gasteiger partial charge in [-0.3, -0.25) is 4.79 Å². The molecule has 19 heavy (non-hydrogen) atoms. The molecule has 1 amide bonds. The Morgan fingerprint density at radius 1 is 1.42 bits per heavy atom. The lowest BCUT2D eigenvalue weighted by atomic mass is 9.97. The largest absolute Gasteiger partial charge is 0.375 e. The summed E-state index contributed by atoms with van der Waals surface area (Å²) >= 11 is 1.44. The summed E-state index contributed by atoms with van der Waals surface area (Å²) < 4.78 is 0. The molecule has 2 aliphatic rings. The van der Waals surface area contributed by atoms with Gasteiger partial charge >= 0.3 is 0 Å². The number of nitrogen functional groups attached to an aromatic ring is 1. The van der Waals surface area contributed by atoms with Crippen LogP contribution in [0, 0.1) is 11.8 Å². The number of carbonyl (C=O) groups excluding carboxylic acids is 1. The highest BCUT2D eigenvalue weighted by Crippen LogP contribution is 2.43. The van der Waals surface area contributed by atoms with Crippen molar-refractivity contribution in [2.75, 3.05) is 5.73 Å². The normalized spacial score (nSPS) is 29.4. The van der Waals surface area contributed by atoms with Crippen LogP contribution in [0.15, 0.2) is 5.38 Å². The Morgan fingerprint density at radius 2 is 2.32 bits per heavy atom. The first-order valence-corrected chi connectivity index (χ1v) is 8.09. The number of nitrogens with two attached hydrogens (primary N) is 1. The van der Waals surface area contributed by atoms with E-state index in [-0.39, 0.29) is 5.91 Å². The SMILES string of the molecule is Nc1nc(CCC(=O)N[C@H]2CC[C@@H]3CCC[C@@H]32)cs1. The maximum Gasteiger partial charge on any atom is 0.220 e. The summed E-state index contributed by atoms with van der Waals surface area (Å²) in [6, 6.07) is 0.431.